The van der Waals surface area contributed by atoms with E-state index in [-0.39, 0.29) is 5.92 Å². The van der Waals surface area contributed by atoms with Gasteiger partial charge in [-0.05, 0) is 33.8 Å². The molecule has 0 fully saturated rings. The lowest BCUT2D eigenvalue weighted by molar-refractivity contribution is 0.771. The van der Waals surface area contributed by atoms with E-state index in [0.29, 0.717) is 16.6 Å². The molecule has 0 saturated carbocycles. The van der Waals surface area contributed by atoms with Gasteiger partial charge in [-0.2, -0.15) is 0 Å². The molecule has 0 aliphatic rings. The Hall–Kier alpha value is -2.24. The van der Waals surface area contributed by atoms with Gasteiger partial charge in [-0.25, -0.2) is 0 Å². The molecule has 0 unspecified atom stereocenters. The Bertz CT molecular complexity index is 951. The molecule has 0 spiro atoms. The maximum absolute atomic E-state index is 6.08. The van der Waals surface area contributed by atoms with Crippen LogP contribution in [0.1, 0.15) is 58.6 Å². The Morgan fingerprint density at radius 1 is 0.786 bits per heavy atom. The Labute approximate surface area is 171 Å². The molecule has 1 atom stereocenters. The van der Waals surface area contributed by atoms with Crippen LogP contribution in [-0.4, -0.2) is 12.5 Å². The summed E-state index contributed by atoms with van der Waals surface area (Å²) < 4.78 is 2.69. The second-order valence-corrected chi connectivity index (χ2v) is 14.6. The third kappa shape index (κ3) is 3.12. The quantitative estimate of drug-likeness (QED) is 0.306. The molecule has 1 aromatic heterocycles. The van der Waals surface area contributed by atoms with Crippen molar-refractivity contribution in [1.82, 2.24) is 4.23 Å². The maximum Gasteiger partial charge on any atom is 0.169 e. The molecule has 1 heterocycles. The Balaban J connectivity index is 2.34. The molecule has 0 N–H and O–H groups in total. The van der Waals surface area contributed by atoms with Crippen LogP contribution < -0.4 is 0 Å². The fourth-order valence-electron chi connectivity index (χ4n) is 5.60. The van der Waals surface area contributed by atoms with E-state index in [2.05, 4.69) is 112 Å². The van der Waals surface area contributed by atoms with Crippen LogP contribution >= 0.6 is 0 Å². The molecular weight excluding hydrogens is 354 g/mol. The predicted octanol–water partition coefficient (Wildman–Crippen LogP) is 7.43. The largest absolute Gasteiger partial charge is 0.373 e. The second kappa shape index (κ2) is 8.01. The summed E-state index contributed by atoms with van der Waals surface area (Å²) in [4.78, 5) is 0. The normalized spacial score (nSPS) is 13.4. The molecule has 2 heteroatoms. The van der Waals surface area contributed by atoms with Gasteiger partial charge in [-0.15, -0.1) is 6.42 Å². The van der Waals surface area contributed by atoms with Crippen LogP contribution in [0.15, 0.2) is 60.8 Å². The van der Waals surface area contributed by atoms with E-state index in [1.54, 1.807) is 0 Å². The zero-order chi connectivity index (χ0) is 20.5. The summed E-state index contributed by atoms with van der Waals surface area (Å²) in [5.41, 5.74) is 5.71. The van der Waals surface area contributed by atoms with Gasteiger partial charge in [0.1, 0.15) is 0 Å². The lowest BCUT2D eigenvalue weighted by Gasteiger charge is -2.44. The fraction of sp³-hybridized carbons (Fsp3) is 0.385. The van der Waals surface area contributed by atoms with E-state index in [9.17, 15) is 0 Å². The fourth-order valence-corrected chi connectivity index (χ4v) is 12.2. The average molecular weight is 388 g/mol. The highest BCUT2D eigenvalue weighted by Gasteiger charge is 2.46. The van der Waals surface area contributed by atoms with Crippen LogP contribution in [0.25, 0.3) is 10.9 Å². The van der Waals surface area contributed by atoms with Gasteiger partial charge in [0, 0.05) is 17.1 Å². The first kappa shape index (κ1) is 20.5. The van der Waals surface area contributed by atoms with Crippen LogP contribution in [0.4, 0.5) is 0 Å². The summed E-state index contributed by atoms with van der Waals surface area (Å²) in [6.07, 6.45) is 8.49. The number of terminal acetylenes is 1. The lowest BCUT2D eigenvalue weighted by atomic mass is 9.92. The highest BCUT2D eigenvalue weighted by Crippen LogP contribution is 2.45. The van der Waals surface area contributed by atoms with E-state index in [1.165, 1.54) is 22.0 Å². The zero-order valence-corrected chi connectivity index (χ0v) is 19.1. The molecule has 1 nitrogen and oxygen atoms in total. The van der Waals surface area contributed by atoms with Crippen molar-refractivity contribution in [3.63, 3.8) is 0 Å². The number of para-hydroxylation sites is 1. The standard InChI is InChI=1S/C26H33NSi/c1-8-23(22-14-10-9-11-15-22)25-18-27(26-17-13-12-16-24(25)26)28(19(2)3,20(4)5)21(6)7/h1,9-21,23H,2-7H3/t23-/m1/s1. The van der Waals surface area contributed by atoms with E-state index in [1.807, 2.05) is 0 Å². The summed E-state index contributed by atoms with van der Waals surface area (Å²) in [5, 5.41) is 1.30. The number of hydrogen-bond acceptors (Lipinski definition) is 0. The Morgan fingerprint density at radius 3 is 1.86 bits per heavy atom. The summed E-state index contributed by atoms with van der Waals surface area (Å²) in [6, 6.07) is 19.3. The molecular formula is C26H33NSi. The van der Waals surface area contributed by atoms with Crippen LogP contribution in [0.2, 0.25) is 16.6 Å². The molecule has 3 aromatic rings. The SMILES string of the molecule is C#C[C@H](c1ccccc1)c1cn([Si](C(C)C)(C(C)C)C(C)C)c2ccccc12. The summed E-state index contributed by atoms with van der Waals surface area (Å²) in [6.45, 7) is 14.5. The third-order valence-electron chi connectivity index (χ3n) is 6.55. The number of hydrogen-bond donors (Lipinski definition) is 0. The Kier molecular flexibility index (Phi) is 5.86. The molecule has 0 saturated heterocycles. The monoisotopic (exact) mass is 387 g/mol. The van der Waals surface area contributed by atoms with Crippen molar-refractivity contribution in [1.29, 1.82) is 0 Å². The first-order valence-corrected chi connectivity index (χ1v) is 12.6. The number of rotatable bonds is 6. The summed E-state index contributed by atoms with van der Waals surface area (Å²) in [7, 11) is -1.86. The minimum atomic E-state index is -1.86. The minimum Gasteiger partial charge on any atom is -0.373 e. The van der Waals surface area contributed by atoms with Crippen molar-refractivity contribution in [2.75, 3.05) is 0 Å². The van der Waals surface area contributed by atoms with Crippen molar-refractivity contribution >= 4 is 19.1 Å². The molecule has 146 valence electrons. The molecule has 3 rings (SSSR count). The number of fused-ring (bicyclic) bond motifs is 1. The van der Waals surface area contributed by atoms with Gasteiger partial charge < -0.3 is 4.23 Å². The topological polar surface area (TPSA) is 4.93 Å². The van der Waals surface area contributed by atoms with Crippen LogP contribution in [0, 0.1) is 12.3 Å². The van der Waals surface area contributed by atoms with Crippen LogP contribution in [0.3, 0.4) is 0 Å². The van der Waals surface area contributed by atoms with Gasteiger partial charge in [-0.3, -0.25) is 0 Å². The van der Waals surface area contributed by atoms with Crippen molar-refractivity contribution in [2.24, 2.45) is 0 Å². The van der Waals surface area contributed by atoms with Crippen molar-refractivity contribution < 1.29 is 0 Å². The van der Waals surface area contributed by atoms with E-state index >= 15 is 0 Å². The molecule has 28 heavy (non-hydrogen) atoms. The van der Waals surface area contributed by atoms with E-state index in [0.717, 1.165) is 0 Å². The highest BCUT2D eigenvalue weighted by molar-refractivity contribution is 6.82. The van der Waals surface area contributed by atoms with Crippen molar-refractivity contribution in [3.8, 4) is 12.3 Å². The maximum atomic E-state index is 6.08. The van der Waals surface area contributed by atoms with Crippen LogP contribution in [-0.2, 0) is 0 Å². The molecule has 0 aliphatic heterocycles. The van der Waals surface area contributed by atoms with Crippen molar-refractivity contribution in [2.45, 2.75) is 64.1 Å². The first-order chi connectivity index (χ1) is 13.4. The predicted molar refractivity (Wildman–Crippen MR) is 126 cm³/mol. The smallest absolute Gasteiger partial charge is 0.169 e. The van der Waals surface area contributed by atoms with Crippen LogP contribution in [0.5, 0.6) is 0 Å². The Morgan fingerprint density at radius 2 is 1.32 bits per heavy atom. The number of nitrogens with zero attached hydrogens (tertiary/aromatic N) is 1. The average Bonchev–Trinajstić information content (AvgIpc) is 3.03. The highest BCUT2D eigenvalue weighted by atomic mass is 28.3. The van der Waals surface area contributed by atoms with E-state index in [4.69, 9.17) is 6.42 Å². The lowest BCUT2D eigenvalue weighted by Crippen LogP contribution is -2.51. The molecule has 0 amide bonds. The van der Waals surface area contributed by atoms with Crippen molar-refractivity contribution in [3.05, 3.63) is 71.9 Å². The van der Waals surface area contributed by atoms with E-state index < -0.39 is 8.24 Å². The zero-order valence-electron chi connectivity index (χ0n) is 18.1. The molecule has 0 aliphatic carbocycles. The summed E-state index contributed by atoms with van der Waals surface area (Å²) >= 11 is 0. The van der Waals surface area contributed by atoms with Gasteiger partial charge in [0.25, 0.3) is 0 Å². The molecule has 0 radical (unpaired) electrons. The molecule has 0 bridgehead atoms. The third-order valence-corrected chi connectivity index (χ3v) is 13.3. The minimum absolute atomic E-state index is 0.0227. The number of benzene rings is 2. The van der Waals surface area contributed by atoms with Gasteiger partial charge >= 0.3 is 0 Å². The summed E-state index contributed by atoms with van der Waals surface area (Å²) in [5.74, 6) is 3.06. The van der Waals surface area contributed by atoms with Gasteiger partial charge in [0.2, 0.25) is 0 Å². The second-order valence-electron chi connectivity index (χ2n) is 8.83. The number of aromatic nitrogens is 1. The van der Waals surface area contributed by atoms with Gasteiger partial charge in [0.05, 0.1) is 5.92 Å². The van der Waals surface area contributed by atoms with Gasteiger partial charge in [0.15, 0.2) is 8.24 Å². The molecule has 2 aromatic carbocycles. The first-order valence-electron chi connectivity index (χ1n) is 10.5. The van der Waals surface area contributed by atoms with Gasteiger partial charge in [-0.1, -0.05) is 96.0 Å².